The van der Waals surface area contributed by atoms with E-state index in [1.165, 1.54) is 0 Å². The Morgan fingerprint density at radius 3 is 2.30 bits per heavy atom. The molecule has 5 nitrogen and oxygen atoms in total. The van der Waals surface area contributed by atoms with Crippen LogP contribution in [0.3, 0.4) is 0 Å². The van der Waals surface area contributed by atoms with E-state index in [2.05, 4.69) is 0 Å². The SMILES string of the molecule is CCC(C)(C)CS(=O)(=O)N1CCC(CCC(=O)O)CC1. The minimum atomic E-state index is -3.19. The summed E-state index contributed by atoms with van der Waals surface area (Å²) in [5, 5.41) is 8.67. The number of rotatable bonds is 7. The van der Waals surface area contributed by atoms with Crippen molar-refractivity contribution >= 4 is 16.0 Å². The first kappa shape index (κ1) is 17.4. The molecule has 1 saturated heterocycles. The van der Waals surface area contributed by atoms with Crippen molar-refractivity contribution in [2.75, 3.05) is 18.8 Å². The number of nitrogens with zero attached hydrogens (tertiary/aromatic N) is 1. The molecule has 1 aliphatic heterocycles. The lowest BCUT2D eigenvalue weighted by atomic mass is 9.93. The molecular formula is C14H27NO4S. The molecule has 1 N–H and O–H groups in total. The first-order valence-electron chi connectivity index (χ1n) is 7.36. The second-order valence-corrected chi connectivity index (χ2v) is 8.52. The lowest BCUT2D eigenvalue weighted by Gasteiger charge is -2.33. The van der Waals surface area contributed by atoms with Gasteiger partial charge in [0.2, 0.25) is 10.0 Å². The number of sulfonamides is 1. The van der Waals surface area contributed by atoms with Crippen LogP contribution in [0.15, 0.2) is 0 Å². The highest BCUT2D eigenvalue weighted by molar-refractivity contribution is 7.89. The third-order valence-electron chi connectivity index (χ3n) is 4.26. The summed E-state index contributed by atoms with van der Waals surface area (Å²) in [5.74, 6) is -0.238. The summed E-state index contributed by atoms with van der Waals surface area (Å²) in [4.78, 5) is 10.5. The van der Waals surface area contributed by atoms with Gasteiger partial charge in [0.25, 0.3) is 0 Å². The zero-order valence-electron chi connectivity index (χ0n) is 12.8. The quantitative estimate of drug-likeness (QED) is 0.783. The maximum Gasteiger partial charge on any atom is 0.303 e. The first-order valence-corrected chi connectivity index (χ1v) is 8.97. The number of hydrogen-bond acceptors (Lipinski definition) is 3. The summed E-state index contributed by atoms with van der Waals surface area (Å²) in [6.07, 6.45) is 3.23. The van der Waals surface area contributed by atoms with Crippen molar-refractivity contribution in [1.82, 2.24) is 4.31 Å². The van der Waals surface area contributed by atoms with E-state index in [-0.39, 0.29) is 17.6 Å². The Morgan fingerprint density at radius 2 is 1.85 bits per heavy atom. The molecule has 0 aliphatic carbocycles. The Morgan fingerprint density at radius 1 is 1.30 bits per heavy atom. The molecule has 0 amide bonds. The Balaban J connectivity index is 2.50. The lowest BCUT2D eigenvalue weighted by Crippen LogP contribution is -2.42. The zero-order valence-corrected chi connectivity index (χ0v) is 13.6. The van der Waals surface area contributed by atoms with Gasteiger partial charge in [0.05, 0.1) is 5.75 Å². The van der Waals surface area contributed by atoms with Crippen molar-refractivity contribution in [3.63, 3.8) is 0 Å². The monoisotopic (exact) mass is 305 g/mol. The summed E-state index contributed by atoms with van der Waals surface area (Å²) in [7, 11) is -3.19. The molecule has 0 spiro atoms. The molecule has 0 saturated carbocycles. The second-order valence-electron chi connectivity index (χ2n) is 6.55. The molecule has 1 rings (SSSR count). The maximum atomic E-state index is 12.4. The average Bonchev–Trinajstić information content (AvgIpc) is 2.35. The Kier molecular flexibility index (Phi) is 6.01. The summed E-state index contributed by atoms with van der Waals surface area (Å²) in [6, 6.07) is 0. The molecule has 20 heavy (non-hydrogen) atoms. The number of carboxylic acids is 1. The molecule has 118 valence electrons. The molecule has 0 aromatic carbocycles. The van der Waals surface area contributed by atoms with Crippen molar-refractivity contribution < 1.29 is 18.3 Å². The number of hydrogen-bond donors (Lipinski definition) is 1. The van der Waals surface area contributed by atoms with Gasteiger partial charge < -0.3 is 5.11 Å². The van der Waals surface area contributed by atoms with E-state index in [1.54, 1.807) is 4.31 Å². The summed E-state index contributed by atoms with van der Waals surface area (Å²) >= 11 is 0. The third kappa shape index (κ3) is 5.40. The fraction of sp³-hybridized carbons (Fsp3) is 0.929. The highest BCUT2D eigenvalue weighted by Gasteiger charge is 2.32. The minimum absolute atomic E-state index is 0.181. The van der Waals surface area contributed by atoms with Crippen molar-refractivity contribution in [1.29, 1.82) is 0 Å². The third-order valence-corrected chi connectivity index (χ3v) is 6.56. The van der Waals surface area contributed by atoms with E-state index in [0.29, 0.717) is 25.4 Å². The van der Waals surface area contributed by atoms with Crippen molar-refractivity contribution in [3.8, 4) is 0 Å². The molecule has 1 fully saturated rings. The van der Waals surface area contributed by atoms with Crippen LogP contribution in [-0.2, 0) is 14.8 Å². The molecule has 0 unspecified atom stereocenters. The Hall–Kier alpha value is -0.620. The topological polar surface area (TPSA) is 74.7 Å². The van der Waals surface area contributed by atoms with Crippen molar-refractivity contribution in [2.45, 2.75) is 52.9 Å². The predicted octanol–water partition coefficient (Wildman–Crippen LogP) is 2.33. The van der Waals surface area contributed by atoms with Gasteiger partial charge in [0.15, 0.2) is 0 Å². The fourth-order valence-corrected chi connectivity index (χ4v) is 4.63. The molecule has 1 aliphatic rings. The maximum absolute atomic E-state index is 12.4. The number of aliphatic carboxylic acids is 1. The minimum Gasteiger partial charge on any atom is -0.481 e. The summed E-state index contributed by atoms with van der Waals surface area (Å²) in [5.41, 5.74) is -0.195. The van der Waals surface area contributed by atoms with E-state index in [1.807, 2.05) is 20.8 Å². The van der Waals surface area contributed by atoms with E-state index >= 15 is 0 Å². The zero-order chi connectivity index (χ0) is 15.4. The van der Waals surface area contributed by atoms with Gasteiger partial charge in [-0.15, -0.1) is 0 Å². The van der Waals surface area contributed by atoms with Gasteiger partial charge in [-0.25, -0.2) is 12.7 Å². The molecule has 0 aromatic heterocycles. The van der Waals surface area contributed by atoms with Crippen LogP contribution in [0.1, 0.15) is 52.9 Å². The molecule has 0 aromatic rings. The van der Waals surface area contributed by atoms with Gasteiger partial charge in [0.1, 0.15) is 0 Å². The normalized spacial score (nSPS) is 19.1. The van der Waals surface area contributed by atoms with E-state index in [0.717, 1.165) is 19.3 Å². The number of carboxylic acid groups (broad SMARTS) is 1. The van der Waals surface area contributed by atoms with Crippen LogP contribution in [0.25, 0.3) is 0 Å². The lowest BCUT2D eigenvalue weighted by molar-refractivity contribution is -0.137. The standard InChI is InChI=1S/C14H27NO4S/c1-4-14(2,3)11-20(18,19)15-9-7-12(8-10-15)5-6-13(16)17/h12H,4-11H2,1-3H3,(H,16,17). The predicted molar refractivity (Wildman–Crippen MR) is 79.0 cm³/mol. The second kappa shape index (κ2) is 6.89. The molecule has 6 heteroatoms. The molecule has 0 radical (unpaired) electrons. The van der Waals surface area contributed by atoms with Crippen LogP contribution in [0.5, 0.6) is 0 Å². The van der Waals surface area contributed by atoms with Crippen LogP contribution in [0, 0.1) is 11.3 Å². The van der Waals surface area contributed by atoms with Crippen LogP contribution < -0.4 is 0 Å². The van der Waals surface area contributed by atoms with E-state index in [9.17, 15) is 13.2 Å². The van der Waals surface area contributed by atoms with E-state index in [4.69, 9.17) is 5.11 Å². The van der Waals surface area contributed by atoms with E-state index < -0.39 is 16.0 Å². The smallest absolute Gasteiger partial charge is 0.303 e. The van der Waals surface area contributed by atoms with Crippen molar-refractivity contribution in [2.24, 2.45) is 11.3 Å². The van der Waals surface area contributed by atoms with Crippen LogP contribution in [0.4, 0.5) is 0 Å². The van der Waals surface area contributed by atoms with Crippen LogP contribution >= 0.6 is 0 Å². The van der Waals surface area contributed by atoms with Gasteiger partial charge in [-0.05, 0) is 37.0 Å². The summed E-state index contributed by atoms with van der Waals surface area (Å²) in [6.45, 7) is 7.03. The van der Waals surface area contributed by atoms with Gasteiger partial charge in [-0.3, -0.25) is 4.79 Å². The summed E-state index contributed by atoms with van der Waals surface area (Å²) < 4.78 is 26.3. The number of piperidine rings is 1. The number of carbonyl (C=O) groups is 1. The van der Waals surface area contributed by atoms with Gasteiger partial charge in [-0.1, -0.05) is 20.8 Å². The largest absolute Gasteiger partial charge is 0.481 e. The molecule has 1 heterocycles. The molecule has 0 bridgehead atoms. The van der Waals surface area contributed by atoms with Crippen molar-refractivity contribution in [3.05, 3.63) is 0 Å². The Bertz CT molecular complexity index is 422. The van der Waals surface area contributed by atoms with Crippen LogP contribution in [-0.4, -0.2) is 42.6 Å². The van der Waals surface area contributed by atoms with Gasteiger partial charge in [0, 0.05) is 19.5 Å². The van der Waals surface area contributed by atoms with Gasteiger partial charge in [-0.2, -0.15) is 0 Å². The Labute approximate surface area is 122 Å². The fourth-order valence-electron chi connectivity index (χ4n) is 2.49. The highest BCUT2D eigenvalue weighted by atomic mass is 32.2. The molecular weight excluding hydrogens is 278 g/mol. The first-order chi connectivity index (χ1) is 9.16. The van der Waals surface area contributed by atoms with Crippen LogP contribution in [0.2, 0.25) is 0 Å². The van der Waals surface area contributed by atoms with Gasteiger partial charge >= 0.3 is 5.97 Å². The average molecular weight is 305 g/mol. The molecule has 0 atom stereocenters. The highest BCUT2D eigenvalue weighted by Crippen LogP contribution is 2.28.